The van der Waals surface area contributed by atoms with Crippen molar-refractivity contribution in [1.29, 1.82) is 0 Å². The average molecular weight is 368 g/mol. The third-order valence-electron chi connectivity index (χ3n) is 3.24. The molecule has 0 saturated carbocycles. The maximum Gasteiger partial charge on any atom is 0.254 e. The van der Waals surface area contributed by atoms with Gasteiger partial charge in [-0.1, -0.05) is 0 Å². The van der Waals surface area contributed by atoms with E-state index in [9.17, 15) is 4.79 Å². The summed E-state index contributed by atoms with van der Waals surface area (Å²) in [5.41, 5.74) is 2.65. The van der Waals surface area contributed by atoms with Gasteiger partial charge in [-0.15, -0.1) is 0 Å². The van der Waals surface area contributed by atoms with E-state index in [1.165, 1.54) is 5.56 Å². The molecule has 0 aromatic carbocycles. The van der Waals surface area contributed by atoms with Crippen LogP contribution in [0.5, 0.6) is 0 Å². The second kappa shape index (κ2) is 7.15. The van der Waals surface area contributed by atoms with Gasteiger partial charge in [-0.3, -0.25) is 4.79 Å². The summed E-state index contributed by atoms with van der Waals surface area (Å²) in [5.74, 6) is -0.114. The number of aryl methyl sites for hydroxylation is 1. The number of nitrogens with zero attached hydrogens (tertiary/aromatic N) is 2. The van der Waals surface area contributed by atoms with Crippen molar-refractivity contribution >= 4 is 33.2 Å². The molecular formula is C15H18BrN3OS. The zero-order valence-corrected chi connectivity index (χ0v) is 14.7. The summed E-state index contributed by atoms with van der Waals surface area (Å²) in [7, 11) is 4.02. The normalized spacial score (nSPS) is 12.4. The van der Waals surface area contributed by atoms with E-state index in [1.54, 1.807) is 17.4 Å². The summed E-state index contributed by atoms with van der Waals surface area (Å²) in [5, 5.41) is 7.14. The summed E-state index contributed by atoms with van der Waals surface area (Å²) in [4.78, 5) is 18.6. The van der Waals surface area contributed by atoms with Crippen molar-refractivity contribution in [3.63, 3.8) is 0 Å². The van der Waals surface area contributed by atoms with Crippen LogP contribution >= 0.6 is 27.3 Å². The third-order valence-corrected chi connectivity index (χ3v) is 4.55. The number of carbonyl (C=O) groups excluding carboxylic acids is 1. The van der Waals surface area contributed by atoms with Crippen LogP contribution in [-0.2, 0) is 0 Å². The van der Waals surface area contributed by atoms with E-state index in [1.807, 2.05) is 32.5 Å². The largest absolute Gasteiger partial charge is 0.350 e. The smallest absolute Gasteiger partial charge is 0.254 e. The highest BCUT2D eigenvalue weighted by Gasteiger charge is 2.17. The van der Waals surface area contributed by atoms with Gasteiger partial charge in [-0.25, -0.2) is 4.98 Å². The number of amides is 1. The van der Waals surface area contributed by atoms with Crippen molar-refractivity contribution in [2.24, 2.45) is 0 Å². The lowest BCUT2D eigenvalue weighted by atomic mass is 10.1. The maximum absolute atomic E-state index is 12.3. The molecule has 0 spiro atoms. The average Bonchev–Trinajstić information content (AvgIpc) is 2.92. The number of rotatable bonds is 5. The Hall–Kier alpha value is -1.24. The first kappa shape index (κ1) is 16.1. The summed E-state index contributed by atoms with van der Waals surface area (Å²) in [6, 6.07) is 5.88. The number of thiophene rings is 1. The van der Waals surface area contributed by atoms with Gasteiger partial charge in [0.1, 0.15) is 4.60 Å². The first-order valence-electron chi connectivity index (χ1n) is 6.59. The molecule has 4 nitrogen and oxygen atoms in total. The first-order chi connectivity index (χ1) is 9.99. The Morgan fingerprint density at radius 2 is 2.19 bits per heavy atom. The molecule has 2 aromatic rings. The van der Waals surface area contributed by atoms with Crippen molar-refractivity contribution in [3.8, 4) is 0 Å². The van der Waals surface area contributed by atoms with Crippen LogP contribution in [-0.4, -0.2) is 36.4 Å². The Kier molecular flexibility index (Phi) is 5.50. The van der Waals surface area contributed by atoms with Gasteiger partial charge in [0.25, 0.3) is 5.91 Å². The Morgan fingerprint density at radius 1 is 1.43 bits per heavy atom. The van der Waals surface area contributed by atoms with Crippen LogP contribution in [0.1, 0.15) is 27.7 Å². The number of pyridine rings is 1. The molecule has 0 bridgehead atoms. The van der Waals surface area contributed by atoms with Gasteiger partial charge in [-0.2, -0.15) is 11.3 Å². The highest BCUT2D eigenvalue weighted by Crippen LogP contribution is 2.20. The molecule has 0 unspecified atom stereocenters. The second-order valence-electron chi connectivity index (χ2n) is 5.04. The number of halogens is 1. The highest BCUT2D eigenvalue weighted by atomic mass is 79.9. The maximum atomic E-state index is 12.3. The van der Waals surface area contributed by atoms with Crippen LogP contribution in [0, 0.1) is 6.92 Å². The minimum atomic E-state index is -0.114. The lowest BCUT2D eigenvalue weighted by molar-refractivity contribution is 0.0940. The van der Waals surface area contributed by atoms with Crippen LogP contribution in [0.3, 0.4) is 0 Å². The van der Waals surface area contributed by atoms with Crippen molar-refractivity contribution in [1.82, 2.24) is 15.2 Å². The van der Waals surface area contributed by atoms with Gasteiger partial charge in [0.15, 0.2) is 0 Å². The fraction of sp³-hybridized carbons (Fsp3) is 0.333. The molecule has 0 aliphatic carbocycles. The fourth-order valence-electron chi connectivity index (χ4n) is 2.04. The van der Waals surface area contributed by atoms with Crippen LogP contribution in [0.2, 0.25) is 0 Å². The Balaban J connectivity index is 2.05. The van der Waals surface area contributed by atoms with E-state index in [0.717, 1.165) is 5.69 Å². The number of hydrogen-bond acceptors (Lipinski definition) is 4. The van der Waals surface area contributed by atoms with E-state index < -0.39 is 0 Å². The molecule has 2 aromatic heterocycles. The number of likely N-dealkylation sites (N-methyl/N-ethyl adjacent to an activating group) is 1. The van der Waals surface area contributed by atoms with Crippen LogP contribution in [0.15, 0.2) is 33.6 Å². The molecule has 2 rings (SSSR count). The lowest BCUT2D eigenvalue weighted by Crippen LogP contribution is -2.34. The molecule has 1 atom stereocenters. The highest BCUT2D eigenvalue weighted by molar-refractivity contribution is 9.10. The molecule has 0 radical (unpaired) electrons. The number of aromatic nitrogens is 1. The first-order valence-corrected chi connectivity index (χ1v) is 8.32. The van der Waals surface area contributed by atoms with Gasteiger partial charge < -0.3 is 10.2 Å². The molecule has 112 valence electrons. The monoisotopic (exact) mass is 367 g/mol. The van der Waals surface area contributed by atoms with Crippen molar-refractivity contribution in [3.05, 3.63) is 50.4 Å². The molecule has 0 fully saturated rings. The number of carbonyl (C=O) groups is 1. The van der Waals surface area contributed by atoms with Crippen molar-refractivity contribution < 1.29 is 4.79 Å². The fourth-order valence-corrected chi connectivity index (χ4v) is 3.34. The van der Waals surface area contributed by atoms with Crippen molar-refractivity contribution in [2.45, 2.75) is 13.0 Å². The number of nitrogens with one attached hydrogen (secondary N) is 1. The second-order valence-corrected chi connectivity index (χ2v) is 6.57. The summed E-state index contributed by atoms with van der Waals surface area (Å²) >= 11 is 5.00. The molecule has 0 aliphatic heterocycles. The van der Waals surface area contributed by atoms with E-state index >= 15 is 0 Å². The summed E-state index contributed by atoms with van der Waals surface area (Å²) in [6.45, 7) is 2.45. The molecule has 6 heteroatoms. The van der Waals surface area contributed by atoms with Gasteiger partial charge >= 0.3 is 0 Å². The SMILES string of the molecule is Cc1ccc(C(=O)NC[C@@H](c2ccsc2)N(C)C)c(Br)n1. The minimum Gasteiger partial charge on any atom is -0.350 e. The molecule has 2 heterocycles. The molecule has 1 amide bonds. The molecule has 0 aliphatic rings. The van der Waals surface area contributed by atoms with Gasteiger partial charge in [0.05, 0.1) is 11.6 Å². The predicted octanol–water partition coefficient (Wildman–Crippen LogP) is 3.25. The molecule has 1 N–H and O–H groups in total. The Morgan fingerprint density at radius 3 is 2.76 bits per heavy atom. The Bertz CT molecular complexity index is 613. The lowest BCUT2D eigenvalue weighted by Gasteiger charge is -2.24. The van der Waals surface area contributed by atoms with Crippen LogP contribution in [0.4, 0.5) is 0 Å². The zero-order valence-electron chi connectivity index (χ0n) is 12.3. The zero-order chi connectivity index (χ0) is 15.4. The van der Waals surface area contributed by atoms with Gasteiger partial charge in [0, 0.05) is 12.2 Å². The summed E-state index contributed by atoms with van der Waals surface area (Å²) < 4.78 is 0.580. The molecular weight excluding hydrogens is 350 g/mol. The van der Waals surface area contributed by atoms with Crippen molar-refractivity contribution in [2.75, 3.05) is 20.6 Å². The molecule has 21 heavy (non-hydrogen) atoms. The van der Waals surface area contributed by atoms with Gasteiger partial charge in [0.2, 0.25) is 0 Å². The predicted molar refractivity (Wildman–Crippen MR) is 89.8 cm³/mol. The van der Waals surface area contributed by atoms with Gasteiger partial charge in [-0.05, 0) is 71.5 Å². The van der Waals surface area contributed by atoms with E-state index in [0.29, 0.717) is 16.7 Å². The Labute approximate surface area is 137 Å². The van der Waals surface area contributed by atoms with E-state index in [2.05, 4.69) is 42.6 Å². The minimum absolute atomic E-state index is 0.114. The van der Waals surface area contributed by atoms with Crippen LogP contribution in [0.25, 0.3) is 0 Å². The third kappa shape index (κ3) is 4.12. The quantitative estimate of drug-likeness (QED) is 0.825. The van der Waals surface area contributed by atoms with E-state index in [-0.39, 0.29) is 11.9 Å². The standard InChI is InChI=1S/C15H18BrN3OS/c1-10-4-5-12(14(16)18-10)15(20)17-8-13(19(2)3)11-6-7-21-9-11/h4-7,9,13H,8H2,1-3H3,(H,17,20)/t13-/m0/s1. The number of hydrogen-bond donors (Lipinski definition) is 1. The summed E-state index contributed by atoms with van der Waals surface area (Å²) in [6.07, 6.45) is 0. The topological polar surface area (TPSA) is 45.2 Å². The molecule has 0 saturated heterocycles. The van der Waals surface area contributed by atoms with Crippen LogP contribution < -0.4 is 5.32 Å². The van der Waals surface area contributed by atoms with E-state index in [4.69, 9.17) is 0 Å².